The van der Waals surface area contributed by atoms with Crippen LogP contribution in [-0.2, 0) is 10.2 Å². The minimum atomic E-state index is -0.437. The van der Waals surface area contributed by atoms with Crippen molar-refractivity contribution >= 4 is 17.8 Å². The van der Waals surface area contributed by atoms with Crippen molar-refractivity contribution in [1.29, 1.82) is 0 Å². The predicted octanol–water partition coefficient (Wildman–Crippen LogP) is 4.89. The second-order valence-electron chi connectivity index (χ2n) is 9.90. The van der Waals surface area contributed by atoms with Crippen LogP contribution in [0.25, 0.3) is 0 Å². The number of para-hydroxylation sites is 1. The Morgan fingerprint density at radius 1 is 1.10 bits per heavy atom. The van der Waals surface area contributed by atoms with Gasteiger partial charge in [0.15, 0.2) is 0 Å². The Balaban J connectivity index is 1.38. The molecule has 1 amide bonds. The van der Waals surface area contributed by atoms with E-state index in [0.717, 1.165) is 19.3 Å². The third kappa shape index (κ3) is 3.44. The molecule has 4 aliphatic carbocycles. The Morgan fingerprint density at radius 3 is 2.45 bits per heavy atom. The molecule has 0 saturated heterocycles. The third-order valence-electron chi connectivity index (χ3n) is 7.71. The van der Waals surface area contributed by atoms with Gasteiger partial charge in [0, 0.05) is 6.07 Å². The highest BCUT2D eigenvalue weighted by molar-refractivity contribution is 5.88. The number of rotatable bonds is 5. The molecule has 4 bridgehead atoms. The van der Waals surface area contributed by atoms with Crippen LogP contribution in [-0.4, -0.2) is 17.0 Å². The highest BCUT2D eigenvalue weighted by Gasteiger charge is 2.60. The molecule has 4 aliphatic rings. The first-order valence-corrected chi connectivity index (χ1v) is 11.0. The van der Waals surface area contributed by atoms with E-state index in [9.17, 15) is 14.9 Å². The van der Waals surface area contributed by atoms with Crippen LogP contribution in [0.5, 0.6) is 0 Å². The van der Waals surface area contributed by atoms with Crippen LogP contribution in [0.3, 0.4) is 0 Å². The topological polar surface area (TPSA) is 84.6 Å². The number of carbonyl (C=O) groups excluding carboxylic acids is 1. The number of aryl methyl sites for hydroxylation is 1. The minimum Gasteiger partial charge on any atom is -0.273 e. The number of hydrazone groups is 1. The summed E-state index contributed by atoms with van der Waals surface area (Å²) in [6, 6.07) is 15.3. The summed E-state index contributed by atoms with van der Waals surface area (Å²) >= 11 is 0. The van der Waals surface area contributed by atoms with Gasteiger partial charge in [-0.25, -0.2) is 5.43 Å². The molecular formula is C25H27N3O3. The number of nitrogens with zero attached hydrogens (tertiary/aromatic N) is 2. The van der Waals surface area contributed by atoms with E-state index in [1.54, 1.807) is 18.2 Å². The zero-order valence-corrected chi connectivity index (χ0v) is 17.7. The van der Waals surface area contributed by atoms with Gasteiger partial charge in [-0.05, 0) is 74.3 Å². The van der Waals surface area contributed by atoms with E-state index in [-0.39, 0.29) is 17.0 Å². The van der Waals surface area contributed by atoms with E-state index in [1.807, 2.05) is 0 Å². The van der Waals surface area contributed by atoms with Gasteiger partial charge in [-0.3, -0.25) is 14.9 Å². The molecule has 2 aromatic carbocycles. The number of nitro benzene ring substituents is 1. The van der Waals surface area contributed by atoms with Crippen molar-refractivity contribution < 1.29 is 9.72 Å². The first-order chi connectivity index (χ1) is 14.9. The molecule has 1 N–H and O–H groups in total. The Bertz CT molecular complexity index is 1050. The molecule has 4 atom stereocenters. The Morgan fingerprint density at radius 2 is 1.77 bits per heavy atom. The lowest BCUT2D eigenvalue weighted by molar-refractivity contribution is -0.385. The summed E-state index contributed by atoms with van der Waals surface area (Å²) in [4.78, 5) is 24.1. The molecule has 0 heterocycles. The van der Waals surface area contributed by atoms with Crippen molar-refractivity contribution in [3.63, 3.8) is 0 Å². The molecule has 2 unspecified atom stereocenters. The molecule has 4 saturated carbocycles. The largest absolute Gasteiger partial charge is 0.278 e. The lowest BCUT2D eigenvalue weighted by atomic mass is 9.42. The summed E-state index contributed by atoms with van der Waals surface area (Å²) in [5, 5.41) is 15.3. The standard InChI is InChI=1S/C25H27N3O3/c1-17-6-8-21(9-7-17)24-11-18-10-19(12-24)14-25(13-18,16-24)23(29)27-26-15-20-4-2-3-5-22(20)28(30)31/h2-9,15,18-19H,10-14,16H2,1H3,(H,27,29)/b26-15-/t18-,19+,24?,25?. The normalized spacial score (nSPS) is 31.1. The maximum atomic E-state index is 13.4. The molecule has 6 nitrogen and oxygen atoms in total. The first kappa shape index (κ1) is 19.9. The monoisotopic (exact) mass is 417 g/mol. The Labute approximate surface area is 181 Å². The van der Waals surface area contributed by atoms with Gasteiger partial charge < -0.3 is 0 Å². The second-order valence-corrected chi connectivity index (χ2v) is 9.90. The molecule has 0 aromatic heterocycles. The van der Waals surface area contributed by atoms with Crippen LogP contribution >= 0.6 is 0 Å². The average Bonchev–Trinajstić information content (AvgIpc) is 2.73. The smallest absolute Gasteiger partial charge is 0.273 e. The summed E-state index contributed by atoms with van der Waals surface area (Å²) in [5.74, 6) is 1.12. The van der Waals surface area contributed by atoms with E-state index < -0.39 is 10.3 Å². The SMILES string of the molecule is Cc1ccc(C23C[C@@H]4C[C@@H](CC(C(=O)N/N=C\c5ccccc5[N+](=O)[O-])(C4)C2)C3)cc1. The average molecular weight is 418 g/mol. The van der Waals surface area contributed by atoms with Crippen LogP contribution in [0.2, 0.25) is 0 Å². The fourth-order valence-electron chi connectivity index (χ4n) is 6.82. The number of benzene rings is 2. The number of nitro groups is 1. The summed E-state index contributed by atoms with van der Waals surface area (Å²) in [6.07, 6.45) is 7.65. The summed E-state index contributed by atoms with van der Waals surface area (Å²) < 4.78 is 0. The van der Waals surface area contributed by atoms with Gasteiger partial charge in [0.1, 0.15) is 0 Å². The number of hydrogen-bond acceptors (Lipinski definition) is 4. The number of amides is 1. The van der Waals surface area contributed by atoms with Gasteiger partial charge in [-0.2, -0.15) is 5.10 Å². The highest BCUT2D eigenvalue weighted by Crippen LogP contribution is 2.65. The van der Waals surface area contributed by atoms with E-state index in [1.165, 1.54) is 42.7 Å². The first-order valence-electron chi connectivity index (χ1n) is 11.0. The summed E-state index contributed by atoms with van der Waals surface area (Å²) in [5.41, 5.74) is 5.41. The number of carbonyl (C=O) groups is 1. The van der Waals surface area contributed by atoms with Crippen LogP contribution in [0.4, 0.5) is 5.69 Å². The van der Waals surface area contributed by atoms with Crippen molar-refractivity contribution in [2.45, 2.75) is 50.9 Å². The maximum Gasteiger partial charge on any atom is 0.278 e. The van der Waals surface area contributed by atoms with Gasteiger partial charge in [0.05, 0.1) is 22.1 Å². The fraction of sp³-hybridized carbons (Fsp3) is 0.440. The fourth-order valence-corrected chi connectivity index (χ4v) is 6.82. The van der Waals surface area contributed by atoms with Gasteiger partial charge in [0.25, 0.3) is 5.69 Å². The van der Waals surface area contributed by atoms with Crippen LogP contribution in [0.1, 0.15) is 55.2 Å². The molecular weight excluding hydrogens is 390 g/mol. The van der Waals surface area contributed by atoms with E-state index in [0.29, 0.717) is 17.4 Å². The van der Waals surface area contributed by atoms with Crippen molar-refractivity contribution in [2.75, 3.05) is 0 Å². The molecule has 6 heteroatoms. The number of hydrogen-bond donors (Lipinski definition) is 1. The molecule has 2 aromatic rings. The van der Waals surface area contributed by atoms with E-state index in [4.69, 9.17) is 0 Å². The van der Waals surface area contributed by atoms with E-state index in [2.05, 4.69) is 41.7 Å². The van der Waals surface area contributed by atoms with Crippen LogP contribution in [0, 0.1) is 34.3 Å². The van der Waals surface area contributed by atoms with Crippen molar-refractivity contribution in [3.05, 3.63) is 75.3 Å². The molecule has 0 aliphatic heterocycles. The molecule has 6 rings (SSSR count). The lowest BCUT2D eigenvalue weighted by Gasteiger charge is -2.61. The molecule has 160 valence electrons. The van der Waals surface area contributed by atoms with Gasteiger partial charge >= 0.3 is 0 Å². The Hall–Kier alpha value is -3.02. The second kappa shape index (κ2) is 7.29. The summed E-state index contributed by atoms with van der Waals surface area (Å²) in [7, 11) is 0. The zero-order valence-electron chi connectivity index (χ0n) is 17.7. The quantitative estimate of drug-likeness (QED) is 0.427. The molecule has 0 radical (unpaired) electrons. The summed E-state index contributed by atoms with van der Waals surface area (Å²) in [6.45, 7) is 2.10. The van der Waals surface area contributed by atoms with Gasteiger partial charge in [-0.15, -0.1) is 0 Å². The van der Waals surface area contributed by atoms with E-state index >= 15 is 0 Å². The zero-order chi connectivity index (χ0) is 21.6. The van der Waals surface area contributed by atoms with Crippen LogP contribution < -0.4 is 5.43 Å². The van der Waals surface area contributed by atoms with Crippen molar-refractivity contribution in [2.24, 2.45) is 22.4 Å². The number of nitrogens with one attached hydrogen (secondary N) is 1. The third-order valence-corrected chi connectivity index (χ3v) is 7.71. The van der Waals surface area contributed by atoms with Gasteiger partial charge in [0.2, 0.25) is 5.91 Å². The van der Waals surface area contributed by atoms with Crippen molar-refractivity contribution in [1.82, 2.24) is 5.43 Å². The predicted molar refractivity (Wildman–Crippen MR) is 119 cm³/mol. The molecule has 4 fully saturated rings. The highest BCUT2D eigenvalue weighted by atomic mass is 16.6. The lowest BCUT2D eigenvalue weighted by Crippen LogP contribution is -2.58. The minimum absolute atomic E-state index is 0.0198. The molecule has 0 spiro atoms. The van der Waals surface area contributed by atoms with Crippen LogP contribution in [0.15, 0.2) is 53.6 Å². The van der Waals surface area contributed by atoms with Gasteiger partial charge in [-0.1, -0.05) is 42.0 Å². The molecule has 31 heavy (non-hydrogen) atoms. The van der Waals surface area contributed by atoms with Crippen molar-refractivity contribution in [3.8, 4) is 0 Å². The maximum absolute atomic E-state index is 13.4. The Kier molecular flexibility index (Phi) is 4.68.